The molecule has 1 N–H and O–H groups in total. The summed E-state index contributed by atoms with van der Waals surface area (Å²) in [6, 6.07) is 3.60. The van der Waals surface area contributed by atoms with Gasteiger partial charge in [0, 0.05) is 11.6 Å². The zero-order valence-corrected chi connectivity index (χ0v) is 11.2. The van der Waals surface area contributed by atoms with Crippen molar-refractivity contribution in [1.29, 1.82) is 0 Å². The van der Waals surface area contributed by atoms with Gasteiger partial charge in [0.15, 0.2) is 9.84 Å². The molecule has 7 heteroatoms. The van der Waals surface area contributed by atoms with Crippen LogP contribution >= 0.6 is 0 Å². The fourth-order valence-electron chi connectivity index (χ4n) is 1.71. The van der Waals surface area contributed by atoms with Gasteiger partial charge in [0.25, 0.3) is 0 Å². The van der Waals surface area contributed by atoms with E-state index in [0.29, 0.717) is 5.39 Å². The minimum Gasteiger partial charge on any atom is -0.461 e. The van der Waals surface area contributed by atoms with Crippen molar-refractivity contribution in [3.05, 3.63) is 29.7 Å². The SMILES string of the molecule is CCOC(=O)c1cc2cc(S(C)(=O)=O)cc(F)c2[nH]1. The van der Waals surface area contributed by atoms with E-state index in [9.17, 15) is 17.6 Å². The molecule has 0 fully saturated rings. The van der Waals surface area contributed by atoms with E-state index in [1.54, 1.807) is 6.92 Å². The van der Waals surface area contributed by atoms with Crippen molar-refractivity contribution in [2.45, 2.75) is 11.8 Å². The third-order valence-electron chi connectivity index (χ3n) is 2.58. The lowest BCUT2D eigenvalue weighted by atomic mass is 10.2. The van der Waals surface area contributed by atoms with Crippen LogP contribution in [0.1, 0.15) is 17.4 Å². The zero-order chi connectivity index (χ0) is 14.2. The molecule has 0 saturated heterocycles. The smallest absolute Gasteiger partial charge is 0.354 e. The number of hydrogen-bond donors (Lipinski definition) is 1. The Bertz CT molecular complexity index is 748. The molecule has 0 aliphatic rings. The van der Waals surface area contributed by atoms with Gasteiger partial charge in [0.2, 0.25) is 0 Å². The number of rotatable bonds is 3. The number of carbonyl (C=O) groups is 1. The molecule has 102 valence electrons. The Morgan fingerprint density at radius 3 is 2.63 bits per heavy atom. The first-order chi connectivity index (χ1) is 8.82. The number of nitrogens with one attached hydrogen (secondary N) is 1. The molecule has 1 aromatic heterocycles. The second-order valence-electron chi connectivity index (χ2n) is 4.04. The molecule has 1 heterocycles. The molecular weight excluding hydrogens is 273 g/mol. The van der Waals surface area contributed by atoms with Gasteiger partial charge >= 0.3 is 5.97 Å². The number of sulfone groups is 1. The summed E-state index contributed by atoms with van der Waals surface area (Å²) in [5, 5.41) is 0.309. The van der Waals surface area contributed by atoms with Crippen LogP contribution in [-0.2, 0) is 14.6 Å². The highest BCUT2D eigenvalue weighted by Gasteiger charge is 2.16. The molecule has 2 aromatic rings. The highest BCUT2D eigenvalue weighted by atomic mass is 32.2. The van der Waals surface area contributed by atoms with E-state index in [1.165, 1.54) is 12.1 Å². The molecule has 0 radical (unpaired) electrons. The standard InChI is InChI=1S/C12H12FNO4S/c1-3-18-12(15)10-5-7-4-8(19(2,16)17)6-9(13)11(7)14-10/h4-6,14H,3H2,1-2H3. The average Bonchev–Trinajstić information content (AvgIpc) is 2.72. The molecule has 0 aliphatic heterocycles. The quantitative estimate of drug-likeness (QED) is 0.874. The Morgan fingerprint density at radius 2 is 2.05 bits per heavy atom. The number of H-pyrrole nitrogens is 1. The number of esters is 1. The van der Waals surface area contributed by atoms with Crippen molar-refractivity contribution in [3.63, 3.8) is 0 Å². The van der Waals surface area contributed by atoms with Crippen molar-refractivity contribution in [2.75, 3.05) is 12.9 Å². The van der Waals surface area contributed by atoms with Gasteiger partial charge in [-0.3, -0.25) is 0 Å². The number of fused-ring (bicyclic) bond motifs is 1. The Balaban J connectivity index is 2.60. The number of hydrogen-bond acceptors (Lipinski definition) is 4. The first-order valence-corrected chi connectivity index (χ1v) is 7.41. The van der Waals surface area contributed by atoms with E-state index in [2.05, 4.69) is 4.98 Å². The Kier molecular flexibility index (Phi) is 3.32. The molecule has 0 amide bonds. The topological polar surface area (TPSA) is 76.2 Å². The number of carbonyl (C=O) groups excluding carboxylic acids is 1. The normalized spacial score (nSPS) is 11.7. The molecule has 19 heavy (non-hydrogen) atoms. The molecule has 5 nitrogen and oxygen atoms in total. The molecule has 0 spiro atoms. The Labute approximate surface area is 109 Å². The summed E-state index contributed by atoms with van der Waals surface area (Å²) in [5.74, 6) is -1.34. The lowest BCUT2D eigenvalue weighted by molar-refractivity contribution is 0.0520. The first-order valence-electron chi connectivity index (χ1n) is 5.52. The highest BCUT2D eigenvalue weighted by Crippen LogP contribution is 2.23. The zero-order valence-electron chi connectivity index (χ0n) is 10.4. The van der Waals surface area contributed by atoms with Gasteiger partial charge in [-0.2, -0.15) is 0 Å². The molecule has 0 unspecified atom stereocenters. The van der Waals surface area contributed by atoms with Crippen LogP contribution in [0.25, 0.3) is 10.9 Å². The second kappa shape index (κ2) is 4.65. The van der Waals surface area contributed by atoms with E-state index >= 15 is 0 Å². The van der Waals surface area contributed by atoms with E-state index < -0.39 is 21.6 Å². The van der Waals surface area contributed by atoms with Gasteiger partial charge in [-0.15, -0.1) is 0 Å². The second-order valence-corrected chi connectivity index (χ2v) is 6.06. The van der Waals surface area contributed by atoms with Crippen LogP contribution in [0, 0.1) is 5.82 Å². The maximum Gasteiger partial charge on any atom is 0.354 e. The van der Waals surface area contributed by atoms with Crippen LogP contribution in [0.15, 0.2) is 23.1 Å². The van der Waals surface area contributed by atoms with Gasteiger partial charge in [-0.05, 0) is 25.1 Å². The third kappa shape index (κ3) is 2.60. The lowest BCUT2D eigenvalue weighted by Crippen LogP contribution is -2.04. The Morgan fingerprint density at radius 1 is 1.37 bits per heavy atom. The summed E-state index contributed by atoms with van der Waals surface area (Å²) >= 11 is 0. The summed E-state index contributed by atoms with van der Waals surface area (Å²) < 4.78 is 41.4. The maximum atomic E-state index is 13.8. The van der Waals surface area contributed by atoms with Crippen LogP contribution in [-0.4, -0.2) is 32.2 Å². The van der Waals surface area contributed by atoms with Gasteiger partial charge in [0.1, 0.15) is 11.5 Å². The lowest BCUT2D eigenvalue weighted by Gasteiger charge is -1.99. The molecule has 0 bridgehead atoms. The monoisotopic (exact) mass is 285 g/mol. The number of aromatic nitrogens is 1. The average molecular weight is 285 g/mol. The van der Waals surface area contributed by atoms with Gasteiger partial charge in [0.05, 0.1) is 17.0 Å². The maximum absolute atomic E-state index is 13.8. The van der Waals surface area contributed by atoms with Crippen molar-refractivity contribution >= 4 is 26.7 Å². The van der Waals surface area contributed by atoms with Gasteiger partial charge in [-0.1, -0.05) is 0 Å². The molecule has 1 aromatic carbocycles. The minimum absolute atomic E-state index is 0.0791. The van der Waals surface area contributed by atoms with E-state index in [4.69, 9.17) is 4.74 Å². The van der Waals surface area contributed by atoms with Gasteiger partial charge in [-0.25, -0.2) is 17.6 Å². The van der Waals surface area contributed by atoms with Crippen LogP contribution in [0.3, 0.4) is 0 Å². The van der Waals surface area contributed by atoms with Crippen molar-refractivity contribution in [3.8, 4) is 0 Å². The van der Waals surface area contributed by atoms with E-state index in [-0.39, 0.29) is 22.7 Å². The predicted octanol–water partition coefficient (Wildman–Crippen LogP) is 1.89. The number of benzene rings is 1. The van der Waals surface area contributed by atoms with E-state index in [0.717, 1.165) is 12.3 Å². The summed E-state index contributed by atoms with van der Waals surface area (Å²) in [5.41, 5.74) is 0.164. The fourth-order valence-corrected chi connectivity index (χ4v) is 2.37. The number of aromatic amines is 1. The van der Waals surface area contributed by atoms with Crippen LogP contribution in [0.5, 0.6) is 0 Å². The van der Waals surface area contributed by atoms with Crippen molar-refractivity contribution in [1.82, 2.24) is 4.98 Å². The molecular formula is C12H12FNO4S. The van der Waals surface area contributed by atoms with Crippen LogP contribution < -0.4 is 0 Å². The van der Waals surface area contributed by atoms with E-state index in [1.807, 2.05) is 0 Å². The fraction of sp³-hybridized carbons (Fsp3) is 0.250. The third-order valence-corrected chi connectivity index (χ3v) is 3.67. The Hall–Kier alpha value is -1.89. The molecule has 0 atom stereocenters. The molecule has 0 saturated carbocycles. The van der Waals surface area contributed by atoms with Crippen LogP contribution in [0.2, 0.25) is 0 Å². The highest BCUT2D eigenvalue weighted by molar-refractivity contribution is 7.90. The first kappa shape index (κ1) is 13.5. The van der Waals surface area contributed by atoms with Crippen molar-refractivity contribution in [2.24, 2.45) is 0 Å². The molecule has 0 aliphatic carbocycles. The largest absolute Gasteiger partial charge is 0.461 e. The van der Waals surface area contributed by atoms with Crippen molar-refractivity contribution < 1.29 is 22.3 Å². The minimum atomic E-state index is -3.51. The van der Waals surface area contributed by atoms with Gasteiger partial charge < -0.3 is 9.72 Å². The predicted molar refractivity (Wildman–Crippen MR) is 67.3 cm³/mol. The summed E-state index contributed by atoms with van der Waals surface area (Å²) in [6.07, 6.45) is 0.993. The summed E-state index contributed by atoms with van der Waals surface area (Å²) in [6.45, 7) is 1.86. The summed E-state index contributed by atoms with van der Waals surface area (Å²) in [7, 11) is -3.51. The van der Waals surface area contributed by atoms with Crippen LogP contribution in [0.4, 0.5) is 4.39 Å². The number of ether oxygens (including phenoxy) is 1. The molecule has 2 rings (SSSR count). The summed E-state index contributed by atoms with van der Waals surface area (Å²) in [4.78, 5) is 14.0. The number of halogens is 1.